The van der Waals surface area contributed by atoms with Crippen LogP contribution in [0.1, 0.15) is 0 Å². The molecule has 0 unspecified atom stereocenters. The molecule has 1 N–H and O–H groups in total. The number of nitro groups is 1. The molecule has 0 radical (unpaired) electrons. The maximum absolute atomic E-state index is 12.2. The SMILES string of the molecule is O=C(CN1CCN(c2ccc(Cl)cc2[N+](=O)[O-])CC1)Nc1ccccc1Cl. The minimum Gasteiger partial charge on any atom is -0.363 e. The molecule has 2 aromatic rings. The summed E-state index contributed by atoms with van der Waals surface area (Å²) in [6, 6.07) is 11.7. The molecule has 1 amide bonds. The first-order valence-electron chi connectivity index (χ1n) is 8.39. The fourth-order valence-corrected chi connectivity index (χ4v) is 3.36. The lowest BCUT2D eigenvalue weighted by Gasteiger charge is -2.35. The molecule has 1 fully saturated rings. The smallest absolute Gasteiger partial charge is 0.294 e. The summed E-state index contributed by atoms with van der Waals surface area (Å²) in [6.07, 6.45) is 0. The lowest BCUT2D eigenvalue weighted by Crippen LogP contribution is -2.48. The van der Waals surface area contributed by atoms with Crippen LogP contribution < -0.4 is 10.2 Å². The summed E-state index contributed by atoms with van der Waals surface area (Å²) in [5, 5.41) is 14.9. The molecule has 0 aliphatic carbocycles. The molecule has 1 heterocycles. The summed E-state index contributed by atoms with van der Waals surface area (Å²) in [5.41, 5.74) is 1.12. The second-order valence-corrected chi connectivity index (χ2v) is 7.03. The maximum Gasteiger partial charge on any atom is 0.294 e. The molecule has 0 atom stereocenters. The van der Waals surface area contributed by atoms with Crippen molar-refractivity contribution >= 4 is 46.2 Å². The van der Waals surface area contributed by atoms with Crippen molar-refractivity contribution in [2.24, 2.45) is 0 Å². The van der Waals surface area contributed by atoms with E-state index in [-0.39, 0.29) is 18.1 Å². The predicted molar refractivity (Wildman–Crippen MR) is 107 cm³/mol. The molecular weight excluding hydrogens is 391 g/mol. The molecule has 0 spiro atoms. The Morgan fingerprint density at radius 1 is 1.11 bits per heavy atom. The van der Waals surface area contributed by atoms with Crippen molar-refractivity contribution in [3.05, 3.63) is 62.6 Å². The number of nitrogens with zero attached hydrogens (tertiary/aromatic N) is 3. The minimum absolute atomic E-state index is 0.00703. The van der Waals surface area contributed by atoms with Gasteiger partial charge in [0.05, 0.1) is 22.2 Å². The Kier molecular flexibility index (Phi) is 6.15. The first-order chi connectivity index (χ1) is 12.9. The Morgan fingerprint density at radius 3 is 2.48 bits per heavy atom. The van der Waals surface area contributed by atoms with Gasteiger partial charge in [-0.2, -0.15) is 0 Å². The summed E-state index contributed by atoms with van der Waals surface area (Å²) >= 11 is 11.9. The van der Waals surface area contributed by atoms with Crippen molar-refractivity contribution in [3.8, 4) is 0 Å². The number of nitrogens with one attached hydrogen (secondary N) is 1. The van der Waals surface area contributed by atoms with E-state index in [0.717, 1.165) is 0 Å². The maximum atomic E-state index is 12.2. The van der Waals surface area contributed by atoms with Gasteiger partial charge in [0, 0.05) is 37.3 Å². The zero-order valence-corrected chi connectivity index (χ0v) is 15.9. The molecule has 0 bridgehead atoms. The molecule has 3 rings (SSSR count). The summed E-state index contributed by atoms with van der Waals surface area (Å²) in [6.45, 7) is 2.65. The van der Waals surface area contributed by atoms with Crippen LogP contribution in [0.4, 0.5) is 17.1 Å². The number of benzene rings is 2. The monoisotopic (exact) mass is 408 g/mol. The van der Waals surface area contributed by atoms with Crippen molar-refractivity contribution in [2.45, 2.75) is 0 Å². The highest BCUT2D eigenvalue weighted by Crippen LogP contribution is 2.31. The molecular formula is C18H18Cl2N4O3. The van der Waals surface area contributed by atoms with Gasteiger partial charge in [0.25, 0.3) is 5.69 Å². The number of amides is 1. The topological polar surface area (TPSA) is 78.7 Å². The fourth-order valence-electron chi connectivity index (χ4n) is 3.01. The second kappa shape index (κ2) is 8.56. The Hall–Kier alpha value is -2.35. The van der Waals surface area contributed by atoms with E-state index < -0.39 is 4.92 Å². The number of piperazine rings is 1. The molecule has 1 aliphatic heterocycles. The lowest BCUT2D eigenvalue weighted by molar-refractivity contribution is -0.384. The number of carbonyl (C=O) groups is 1. The first-order valence-corrected chi connectivity index (χ1v) is 9.15. The van der Waals surface area contributed by atoms with Crippen LogP contribution in [0.5, 0.6) is 0 Å². The van der Waals surface area contributed by atoms with E-state index >= 15 is 0 Å². The number of hydrogen-bond acceptors (Lipinski definition) is 5. The number of para-hydroxylation sites is 1. The van der Waals surface area contributed by atoms with Gasteiger partial charge in [0.2, 0.25) is 5.91 Å². The third-order valence-electron chi connectivity index (χ3n) is 4.36. The summed E-state index contributed by atoms with van der Waals surface area (Å²) < 4.78 is 0. The molecule has 0 saturated carbocycles. The van der Waals surface area contributed by atoms with E-state index in [4.69, 9.17) is 23.2 Å². The van der Waals surface area contributed by atoms with E-state index in [1.54, 1.807) is 36.4 Å². The highest BCUT2D eigenvalue weighted by Gasteiger charge is 2.25. The molecule has 0 aromatic heterocycles. The van der Waals surface area contributed by atoms with E-state index in [1.165, 1.54) is 6.07 Å². The Bertz CT molecular complexity index is 854. The van der Waals surface area contributed by atoms with Gasteiger partial charge in [-0.3, -0.25) is 19.8 Å². The van der Waals surface area contributed by atoms with Crippen LogP contribution in [0.15, 0.2) is 42.5 Å². The average Bonchev–Trinajstić information content (AvgIpc) is 2.64. The number of hydrogen-bond donors (Lipinski definition) is 1. The van der Waals surface area contributed by atoms with Crippen LogP contribution in [-0.2, 0) is 4.79 Å². The van der Waals surface area contributed by atoms with Gasteiger partial charge in [0.1, 0.15) is 5.69 Å². The normalized spacial score (nSPS) is 14.8. The Labute approximate surface area is 166 Å². The molecule has 27 heavy (non-hydrogen) atoms. The lowest BCUT2D eigenvalue weighted by atomic mass is 10.2. The van der Waals surface area contributed by atoms with Crippen LogP contribution >= 0.6 is 23.2 Å². The highest BCUT2D eigenvalue weighted by atomic mass is 35.5. The van der Waals surface area contributed by atoms with Crippen molar-refractivity contribution in [3.63, 3.8) is 0 Å². The molecule has 1 saturated heterocycles. The molecule has 7 nitrogen and oxygen atoms in total. The predicted octanol–water partition coefficient (Wildman–Crippen LogP) is 3.66. The molecule has 9 heteroatoms. The van der Waals surface area contributed by atoms with Crippen LogP contribution in [0.3, 0.4) is 0 Å². The van der Waals surface area contributed by atoms with E-state index in [2.05, 4.69) is 5.32 Å². The van der Waals surface area contributed by atoms with Crippen LogP contribution in [0, 0.1) is 10.1 Å². The zero-order valence-electron chi connectivity index (χ0n) is 14.4. The average molecular weight is 409 g/mol. The second-order valence-electron chi connectivity index (χ2n) is 6.18. The van der Waals surface area contributed by atoms with Crippen molar-refractivity contribution in [2.75, 3.05) is 42.9 Å². The van der Waals surface area contributed by atoms with Gasteiger partial charge in [-0.15, -0.1) is 0 Å². The van der Waals surface area contributed by atoms with Gasteiger partial charge >= 0.3 is 0 Å². The van der Waals surface area contributed by atoms with Crippen molar-refractivity contribution < 1.29 is 9.72 Å². The Balaban J connectivity index is 1.57. The van der Waals surface area contributed by atoms with Crippen LogP contribution in [0.2, 0.25) is 10.0 Å². The molecule has 142 valence electrons. The molecule has 2 aromatic carbocycles. The molecule has 1 aliphatic rings. The van der Waals surface area contributed by atoms with Gasteiger partial charge in [0.15, 0.2) is 0 Å². The number of rotatable bonds is 5. The van der Waals surface area contributed by atoms with Gasteiger partial charge in [-0.25, -0.2) is 0 Å². The summed E-state index contributed by atoms with van der Waals surface area (Å²) in [4.78, 5) is 27.0. The van der Waals surface area contributed by atoms with Crippen molar-refractivity contribution in [1.29, 1.82) is 0 Å². The number of nitro benzene ring substituents is 1. The first kappa shape index (κ1) is 19.4. The van der Waals surface area contributed by atoms with Crippen molar-refractivity contribution in [1.82, 2.24) is 4.90 Å². The van der Waals surface area contributed by atoms with E-state index in [9.17, 15) is 14.9 Å². The fraction of sp³-hybridized carbons (Fsp3) is 0.278. The quantitative estimate of drug-likeness (QED) is 0.602. The zero-order chi connectivity index (χ0) is 19.4. The van der Waals surface area contributed by atoms with Gasteiger partial charge < -0.3 is 10.2 Å². The Morgan fingerprint density at radius 2 is 1.81 bits per heavy atom. The largest absolute Gasteiger partial charge is 0.363 e. The number of halogens is 2. The van der Waals surface area contributed by atoms with E-state index in [1.807, 2.05) is 9.80 Å². The third kappa shape index (κ3) is 4.88. The van der Waals surface area contributed by atoms with Crippen LogP contribution in [0.25, 0.3) is 0 Å². The van der Waals surface area contributed by atoms with Gasteiger partial charge in [-0.1, -0.05) is 35.3 Å². The highest BCUT2D eigenvalue weighted by molar-refractivity contribution is 6.33. The van der Waals surface area contributed by atoms with E-state index in [0.29, 0.717) is 47.6 Å². The standard InChI is InChI=1S/C18H18Cl2N4O3/c19-13-5-6-16(17(11-13)24(26)27)23-9-7-22(8-10-23)12-18(25)21-15-4-2-1-3-14(15)20/h1-6,11H,7-10,12H2,(H,21,25). The minimum atomic E-state index is -0.426. The van der Waals surface area contributed by atoms with Gasteiger partial charge in [-0.05, 0) is 24.3 Å². The van der Waals surface area contributed by atoms with Crippen LogP contribution in [-0.4, -0.2) is 48.5 Å². The third-order valence-corrected chi connectivity index (χ3v) is 4.93. The summed E-state index contributed by atoms with van der Waals surface area (Å²) in [5.74, 6) is -0.144. The number of anilines is 2. The number of carbonyl (C=O) groups excluding carboxylic acids is 1. The summed E-state index contributed by atoms with van der Waals surface area (Å²) in [7, 11) is 0.